The molecule has 2 aromatic rings. The predicted molar refractivity (Wildman–Crippen MR) is 97.9 cm³/mol. The number of hydrogen-bond donors (Lipinski definition) is 0. The average Bonchev–Trinajstić information content (AvgIpc) is 2.83. The molecule has 2 aromatic carbocycles. The number of Topliss-reactive ketones (excluding diaryl/α,β-unsaturated/α-hetero) is 1. The van der Waals surface area contributed by atoms with Crippen LogP contribution in [0.3, 0.4) is 0 Å². The van der Waals surface area contributed by atoms with Crippen LogP contribution in [0.2, 0.25) is 0 Å². The van der Waals surface area contributed by atoms with Crippen molar-refractivity contribution in [3.8, 4) is 0 Å². The first-order valence-corrected chi connectivity index (χ1v) is 10.3. The number of ether oxygens (including phenoxy) is 1. The van der Waals surface area contributed by atoms with E-state index in [9.17, 15) is 30.8 Å². The molecule has 3 rings (SSSR count). The molecule has 1 aliphatic rings. The minimum atomic E-state index is -4.63. The summed E-state index contributed by atoms with van der Waals surface area (Å²) in [5, 5.41) is 0. The maximum absolute atomic E-state index is 14.7. The van der Waals surface area contributed by atoms with Gasteiger partial charge in [-0.3, -0.25) is 4.79 Å². The van der Waals surface area contributed by atoms with Crippen LogP contribution in [0.15, 0.2) is 47.4 Å². The molecule has 1 aliphatic heterocycles. The van der Waals surface area contributed by atoms with Gasteiger partial charge < -0.3 is 4.74 Å². The summed E-state index contributed by atoms with van der Waals surface area (Å²) in [5.74, 6) is -1.83. The molecular weight excluding hydrogens is 412 g/mol. The van der Waals surface area contributed by atoms with Gasteiger partial charge in [-0.2, -0.15) is 13.2 Å². The number of alkyl halides is 3. The smallest absolute Gasteiger partial charge is 0.416 e. The highest BCUT2D eigenvalue weighted by molar-refractivity contribution is 7.90. The Morgan fingerprint density at radius 1 is 1.03 bits per heavy atom. The summed E-state index contributed by atoms with van der Waals surface area (Å²) >= 11 is 0. The number of rotatable bonds is 3. The van der Waals surface area contributed by atoms with Crippen molar-refractivity contribution in [3.05, 3.63) is 65.0 Å². The molecule has 0 saturated heterocycles. The zero-order valence-electron chi connectivity index (χ0n) is 15.6. The Morgan fingerprint density at radius 2 is 1.69 bits per heavy atom. The number of hydrogen-bond acceptors (Lipinski definition) is 4. The summed E-state index contributed by atoms with van der Waals surface area (Å²) in [4.78, 5) is 12.6. The van der Waals surface area contributed by atoms with Crippen molar-refractivity contribution < 1.29 is 35.5 Å². The molecule has 0 atom stereocenters. The van der Waals surface area contributed by atoms with Crippen molar-refractivity contribution in [3.63, 3.8) is 0 Å². The summed E-state index contributed by atoms with van der Waals surface area (Å²) in [6, 6.07) is 7.14. The van der Waals surface area contributed by atoms with E-state index in [1.54, 1.807) is 0 Å². The summed E-state index contributed by atoms with van der Waals surface area (Å²) in [6.07, 6.45) is -3.72. The van der Waals surface area contributed by atoms with E-state index in [0.717, 1.165) is 42.7 Å². The Labute approximate surface area is 164 Å². The Bertz CT molecular complexity index is 1150. The van der Waals surface area contributed by atoms with Gasteiger partial charge in [0.1, 0.15) is 11.6 Å². The molecule has 4 nitrogen and oxygen atoms in total. The van der Waals surface area contributed by atoms with E-state index in [-0.39, 0.29) is 27.4 Å². The van der Waals surface area contributed by atoms with Gasteiger partial charge in [-0.05, 0) is 49.7 Å². The van der Waals surface area contributed by atoms with E-state index < -0.39 is 38.8 Å². The van der Waals surface area contributed by atoms with Crippen molar-refractivity contribution >= 4 is 27.0 Å². The number of carbonyl (C=O) groups excluding carboxylic acids is 1. The van der Waals surface area contributed by atoms with Crippen LogP contribution in [0.1, 0.15) is 30.5 Å². The molecule has 0 N–H and O–H groups in total. The van der Waals surface area contributed by atoms with Crippen LogP contribution in [0.5, 0.6) is 0 Å². The van der Waals surface area contributed by atoms with Gasteiger partial charge in [0.2, 0.25) is 5.78 Å². The first-order valence-electron chi connectivity index (χ1n) is 8.37. The van der Waals surface area contributed by atoms with E-state index in [2.05, 4.69) is 0 Å². The minimum Gasteiger partial charge on any atom is -0.478 e. The average molecular weight is 428 g/mol. The third kappa shape index (κ3) is 3.91. The minimum absolute atomic E-state index is 0.0722. The summed E-state index contributed by atoms with van der Waals surface area (Å²) in [5.41, 5.74) is -2.89. The zero-order valence-corrected chi connectivity index (χ0v) is 16.4. The second kappa shape index (κ2) is 6.69. The van der Waals surface area contributed by atoms with E-state index in [4.69, 9.17) is 4.74 Å². The highest BCUT2D eigenvalue weighted by Gasteiger charge is 2.44. The topological polar surface area (TPSA) is 60.4 Å². The van der Waals surface area contributed by atoms with Gasteiger partial charge in [-0.1, -0.05) is 12.1 Å². The Kier molecular flexibility index (Phi) is 4.85. The molecule has 0 aromatic heterocycles. The summed E-state index contributed by atoms with van der Waals surface area (Å²) in [7, 11) is -3.68. The number of ketones is 1. The van der Waals surface area contributed by atoms with Gasteiger partial charge in [0.15, 0.2) is 15.4 Å². The van der Waals surface area contributed by atoms with Gasteiger partial charge in [-0.15, -0.1) is 0 Å². The highest BCUT2D eigenvalue weighted by atomic mass is 32.2. The van der Waals surface area contributed by atoms with Crippen LogP contribution in [0, 0.1) is 5.82 Å². The molecule has 29 heavy (non-hydrogen) atoms. The Morgan fingerprint density at radius 3 is 2.24 bits per heavy atom. The molecular formula is C20H16F4O4S. The van der Waals surface area contributed by atoms with E-state index in [1.165, 1.54) is 19.9 Å². The molecule has 0 amide bonds. The van der Waals surface area contributed by atoms with E-state index in [1.807, 2.05) is 0 Å². The molecule has 0 saturated carbocycles. The van der Waals surface area contributed by atoms with Crippen molar-refractivity contribution in [1.82, 2.24) is 0 Å². The molecule has 0 unspecified atom stereocenters. The van der Waals surface area contributed by atoms with Crippen molar-refractivity contribution in [2.24, 2.45) is 0 Å². The fourth-order valence-electron chi connectivity index (χ4n) is 2.97. The molecule has 0 radical (unpaired) electrons. The number of halogens is 4. The standard InChI is InChI=1S/C20H16F4O4S/c1-19(2)18(25)16(11-5-4-6-12(9-11)20(22,23)24)17(28-19)14-8-7-13(10-15(14)21)29(3,26)27/h4-10H,1-3H3. The predicted octanol–water partition coefficient (Wildman–Crippen LogP) is 4.49. The van der Waals surface area contributed by atoms with Gasteiger partial charge in [0.25, 0.3) is 0 Å². The van der Waals surface area contributed by atoms with Crippen LogP contribution < -0.4 is 0 Å². The van der Waals surface area contributed by atoms with Crippen molar-refractivity contribution in [1.29, 1.82) is 0 Å². The van der Waals surface area contributed by atoms with E-state index >= 15 is 0 Å². The third-order valence-corrected chi connectivity index (χ3v) is 5.56. The quantitative estimate of drug-likeness (QED) is 0.676. The highest BCUT2D eigenvalue weighted by Crippen LogP contribution is 2.43. The lowest BCUT2D eigenvalue weighted by molar-refractivity contribution is -0.137. The second-order valence-corrected chi connectivity index (χ2v) is 9.15. The molecule has 154 valence electrons. The van der Waals surface area contributed by atoms with E-state index in [0.29, 0.717) is 0 Å². The molecule has 0 aliphatic carbocycles. The fraction of sp³-hybridized carbons (Fsp3) is 0.250. The second-order valence-electron chi connectivity index (χ2n) is 7.14. The summed E-state index contributed by atoms with van der Waals surface area (Å²) in [6.45, 7) is 2.83. The Balaban J connectivity index is 2.24. The largest absolute Gasteiger partial charge is 0.478 e. The molecule has 9 heteroatoms. The molecule has 0 bridgehead atoms. The number of carbonyl (C=O) groups is 1. The van der Waals surface area contributed by atoms with Crippen molar-refractivity contribution in [2.45, 2.75) is 30.5 Å². The van der Waals surface area contributed by atoms with Gasteiger partial charge in [0.05, 0.1) is 21.6 Å². The first kappa shape index (κ1) is 21.0. The lowest BCUT2D eigenvalue weighted by Crippen LogP contribution is -2.29. The van der Waals surface area contributed by atoms with Crippen LogP contribution in [0.4, 0.5) is 17.6 Å². The van der Waals surface area contributed by atoms with Crippen LogP contribution in [-0.4, -0.2) is 26.1 Å². The summed E-state index contributed by atoms with van der Waals surface area (Å²) < 4.78 is 82.8. The number of sulfone groups is 1. The maximum atomic E-state index is 14.7. The lowest BCUT2D eigenvalue weighted by Gasteiger charge is -2.18. The van der Waals surface area contributed by atoms with Crippen molar-refractivity contribution in [2.75, 3.05) is 6.26 Å². The molecule has 0 fully saturated rings. The van der Waals surface area contributed by atoms with Crippen LogP contribution in [0.25, 0.3) is 11.3 Å². The lowest BCUT2D eigenvalue weighted by atomic mass is 9.91. The first-order chi connectivity index (χ1) is 13.2. The molecule has 0 spiro atoms. The van der Waals surface area contributed by atoms with Gasteiger partial charge in [-0.25, -0.2) is 12.8 Å². The fourth-order valence-corrected chi connectivity index (χ4v) is 3.60. The third-order valence-electron chi connectivity index (χ3n) is 4.45. The monoisotopic (exact) mass is 428 g/mol. The number of benzene rings is 2. The van der Waals surface area contributed by atoms with Crippen LogP contribution in [-0.2, 0) is 25.5 Å². The SMILES string of the molecule is CC1(C)OC(c2ccc(S(C)(=O)=O)cc2F)=C(c2cccc(C(F)(F)F)c2)C1=O. The molecule has 1 heterocycles. The van der Waals surface area contributed by atoms with Gasteiger partial charge >= 0.3 is 6.18 Å². The van der Waals surface area contributed by atoms with Gasteiger partial charge in [0, 0.05) is 6.26 Å². The van der Waals surface area contributed by atoms with Crippen LogP contribution >= 0.6 is 0 Å². The maximum Gasteiger partial charge on any atom is 0.416 e. The Hall–Kier alpha value is -2.68. The normalized spacial score (nSPS) is 16.9. The zero-order chi connectivity index (χ0) is 21.8.